The Hall–Kier alpha value is -1.13. The first kappa shape index (κ1) is 11.0. The van der Waals surface area contributed by atoms with Gasteiger partial charge in [-0.25, -0.2) is 0 Å². The highest BCUT2D eigenvalue weighted by molar-refractivity contribution is 6.99. The van der Waals surface area contributed by atoms with Crippen LogP contribution in [0.5, 0.6) is 0 Å². The van der Waals surface area contributed by atoms with E-state index >= 15 is 0 Å². The van der Waals surface area contributed by atoms with Crippen LogP contribution >= 0.6 is 23.3 Å². The van der Waals surface area contributed by atoms with Gasteiger partial charge < -0.3 is 4.90 Å². The SMILES string of the molecule is Clc1nsnc1N1CCCCc2ccccc21. The molecule has 17 heavy (non-hydrogen) atoms. The lowest BCUT2D eigenvalue weighted by Gasteiger charge is -2.22. The highest BCUT2D eigenvalue weighted by atomic mass is 35.5. The van der Waals surface area contributed by atoms with E-state index in [1.54, 1.807) is 0 Å². The Labute approximate surface area is 109 Å². The van der Waals surface area contributed by atoms with Crippen molar-refractivity contribution in [3.63, 3.8) is 0 Å². The predicted octanol–water partition coefficient (Wildman–Crippen LogP) is 3.67. The Balaban J connectivity index is 2.09. The predicted molar refractivity (Wildman–Crippen MR) is 71.3 cm³/mol. The van der Waals surface area contributed by atoms with Crippen molar-refractivity contribution in [2.45, 2.75) is 19.3 Å². The molecule has 0 bridgehead atoms. The van der Waals surface area contributed by atoms with Crippen LogP contribution in [0.25, 0.3) is 0 Å². The van der Waals surface area contributed by atoms with Crippen LogP contribution in [0.15, 0.2) is 24.3 Å². The molecule has 0 atom stereocenters. The molecule has 3 rings (SSSR count). The molecule has 3 nitrogen and oxygen atoms in total. The van der Waals surface area contributed by atoms with Crippen molar-refractivity contribution < 1.29 is 0 Å². The van der Waals surface area contributed by atoms with Crippen LogP contribution in [0, 0.1) is 0 Å². The minimum absolute atomic E-state index is 0.506. The molecule has 0 spiro atoms. The molecule has 0 N–H and O–H groups in total. The quantitative estimate of drug-likeness (QED) is 0.788. The smallest absolute Gasteiger partial charge is 0.187 e. The van der Waals surface area contributed by atoms with Gasteiger partial charge in [-0.05, 0) is 30.9 Å². The molecular formula is C12H12ClN3S. The Morgan fingerprint density at radius 2 is 2.06 bits per heavy atom. The average molecular weight is 266 g/mol. The third kappa shape index (κ3) is 2.03. The number of anilines is 2. The molecule has 1 aromatic carbocycles. The topological polar surface area (TPSA) is 29.0 Å². The zero-order valence-corrected chi connectivity index (χ0v) is 10.8. The Morgan fingerprint density at radius 3 is 2.88 bits per heavy atom. The van der Waals surface area contributed by atoms with Crippen molar-refractivity contribution >= 4 is 34.8 Å². The van der Waals surface area contributed by atoms with Crippen molar-refractivity contribution in [1.29, 1.82) is 0 Å². The Bertz CT molecular complexity index is 526. The first-order chi connectivity index (χ1) is 8.36. The molecule has 88 valence electrons. The first-order valence-corrected chi connectivity index (χ1v) is 6.80. The van der Waals surface area contributed by atoms with Gasteiger partial charge >= 0.3 is 0 Å². The van der Waals surface area contributed by atoms with E-state index in [9.17, 15) is 0 Å². The van der Waals surface area contributed by atoms with E-state index in [1.807, 2.05) is 0 Å². The number of rotatable bonds is 1. The summed E-state index contributed by atoms with van der Waals surface area (Å²) in [5.74, 6) is 0.797. The summed E-state index contributed by atoms with van der Waals surface area (Å²) >= 11 is 7.26. The molecule has 5 heteroatoms. The summed E-state index contributed by atoms with van der Waals surface area (Å²) in [6.07, 6.45) is 3.49. The number of para-hydroxylation sites is 1. The zero-order chi connectivity index (χ0) is 11.7. The summed E-state index contributed by atoms with van der Waals surface area (Å²) in [7, 11) is 0. The van der Waals surface area contributed by atoms with Crippen molar-refractivity contribution in [2.24, 2.45) is 0 Å². The van der Waals surface area contributed by atoms with Gasteiger partial charge in [0.25, 0.3) is 0 Å². The van der Waals surface area contributed by atoms with E-state index in [0.29, 0.717) is 5.15 Å². The molecule has 0 radical (unpaired) electrons. The summed E-state index contributed by atoms with van der Waals surface area (Å²) in [5, 5.41) is 0.506. The van der Waals surface area contributed by atoms with Crippen molar-refractivity contribution in [3.05, 3.63) is 35.0 Å². The van der Waals surface area contributed by atoms with E-state index in [4.69, 9.17) is 11.6 Å². The standard InChI is InChI=1S/C12H12ClN3S/c13-11-12(15-17-14-11)16-8-4-3-6-9-5-1-2-7-10(9)16/h1-2,5,7H,3-4,6,8H2. The van der Waals surface area contributed by atoms with Gasteiger partial charge in [-0.15, -0.1) is 0 Å². The van der Waals surface area contributed by atoms with Gasteiger partial charge in [0.05, 0.1) is 11.7 Å². The maximum Gasteiger partial charge on any atom is 0.187 e. The van der Waals surface area contributed by atoms with E-state index in [0.717, 1.165) is 25.2 Å². The lowest BCUT2D eigenvalue weighted by molar-refractivity contribution is 0.759. The van der Waals surface area contributed by atoms with Crippen LogP contribution in [-0.4, -0.2) is 15.3 Å². The second-order valence-corrected chi connectivity index (χ2v) is 5.00. The summed E-state index contributed by atoms with van der Waals surface area (Å²) in [6.45, 7) is 0.960. The average Bonchev–Trinajstić information content (AvgIpc) is 2.66. The van der Waals surface area contributed by atoms with Gasteiger partial charge in [-0.3, -0.25) is 0 Å². The number of benzene rings is 1. The third-order valence-corrected chi connectivity index (χ3v) is 3.92. The fraction of sp³-hybridized carbons (Fsp3) is 0.333. The molecule has 1 aliphatic heterocycles. The number of aryl methyl sites for hydroxylation is 1. The summed E-state index contributed by atoms with van der Waals surface area (Å²) in [5.41, 5.74) is 2.59. The second-order valence-electron chi connectivity index (χ2n) is 4.12. The fourth-order valence-electron chi connectivity index (χ4n) is 2.25. The number of aromatic nitrogens is 2. The Morgan fingerprint density at radius 1 is 1.18 bits per heavy atom. The van der Waals surface area contributed by atoms with Gasteiger partial charge in [-0.2, -0.15) is 8.75 Å². The summed E-state index contributed by atoms with van der Waals surface area (Å²) < 4.78 is 8.35. The number of nitrogens with zero attached hydrogens (tertiary/aromatic N) is 3. The van der Waals surface area contributed by atoms with Gasteiger partial charge in [0.1, 0.15) is 0 Å². The molecule has 2 heterocycles. The maximum absolute atomic E-state index is 6.09. The van der Waals surface area contributed by atoms with E-state index < -0.39 is 0 Å². The van der Waals surface area contributed by atoms with Gasteiger partial charge in [0.15, 0.2) is 11.0 Å². The molecule has 1 aliphatic rings. The minimum Gasteiger partial charge on any atom is -0.323 e. The van der Waals surface area contributed by atoms with Crippen molar-refractivity contribution in [1.82, 2.24) is 8.75 Å². The molecule has 0 saturated heterocycles. The van der Waals surface area contributed by atoms with Crippen molar-refractivity contribution in [2.75, 3.05) is 11.4 Å². The van der Waals surface area contributed by atoms with Crippen LogP contribution in [0.3, 0.4) is 0 Å². The normalized spacial score (nSPS) is 15.5. The molecule has 2 aromatic rings. The number of hydrogen-bond acceptors (Lipinski definition) is 4. The van der Waals surface area contributed by atoms with Crippen LogP contribution in [0.2, 0.25) is 5.15 Å². The van der Waals surface area contributed by atoms with Crippen LogP contribution in [0.1, 0.15) is 18.4 Å². The molecule has 0 fully saturated rings. The lowest BCUT2D eigenvalue weighted by Crippen LogP contribution is -2.18. The monoisotopic (exact) mass is 265 g/mol. The van der Waals surface area contributed by atoms with Gasteiger partial charge in [0, 0.05) is 12.2 Å². The lowest BCUT2D eigenvalue weighted by atomic mass is 10.1. The highest BCUT2D eigenvalue weighted by Gasteiger charge is 2.20. The zero-order valence-electron chi connectivity index (χ0n) is 9.27. The van der Waals surface area contributed by atoms with Crippen LogP contribution in [0.4, 0.5) is 11.5 Å². The van der Waals surface area contributed by atoms with Crippen molar-refractivity contribution in [3.8, 4) is 0 Å². The first-order valence-electron chi connectivity index (χ1n) is 5.70. The Kier molecular flexibility index (Phi) is 2.99. The number of halogens is 1. The molecule has 0 saturated carbocycles. The minimum atomic E-state index is 0.506. The number of hydrogen-bond donors (Lipinski definition) is 0. The van der Waals surface area contributed by atoms with E-state index in [2.05, 4.69) is 37.9 Å². The molecule has 0 amide bonds. The van der Waals surface area contributed by atoms with Gasteiger partial charge in [0.2, 0.25) is 0 Å². The highest BCUT2D eigenvalue weighted by Crippen LogP contribution is 2.34. The van der Waals surface area contributed by atoms with Crippen LogP contribution < -0.4 is 4.90 Å². The molecular weight excluding hydrogens is 254 g/mol. The van der Waals surface area contributed by atoms with E-state index in [1.165, 1.54) is 29.4 Å². The molecule has 0 aliphatic carbocycles. The second kappa shape index (κ2) is 4.63. The van der Waals surface area contributed by atoms with Gasteiger partial charge in [-0.1, -0.05) is 29.8 Å². The number of fused-ring (bicyclic) bond motifs is 1. The molecule has 0 unspecified atom stereocenters. The van der Waals surface area contributed by atoms with Crippen LogP contribution in [-0.2, 0) is 6.42 Å². The fourth-order valence-corrected chi connectivity index (χ4v) is 2.99. The molecule has 1 aromatic heterocycles. The maximum atomic E-state index is 6.09. The summed E-state index contributed by atoms with van der Waals surface area (Å²) in [4.78, 5) is 2.19. The summed E-state index contributed by atoms with van der Waals surface area (Å²) in [6, 6.07) is 8.46. The van der Waals surface area contributed by atoms with E-state index in [-0.39, 0.29) is 0 Å². The third-order valence-electron chi connectivity index (χ3n) is 3.05. The largest absolute Gasteiger partial charge is 0.323 e.